The van der Waals surface area contributed by atoms with Crippen LogP contribution < -0.4 is 5.32 Å². The van der Waals surface area contributed by atoms with Crippen molar-refractivity contribution in [3.63, 3.8) is 0 Å². The number of amides is 1. The lowest BCUT2D eigenvalue weighted by Crippen LogP contribution is -2.35. The van der Waals surface area contributed by atoms with Crippen LogP contribution in [0.1, 0.15) is 22.3 Å². The lowest BCUT2D eigenvalue weighted by Gasteiger charge is -2.26. The molecule has 144 valence electrons. The Labute approximate surface area is 166 Å². The molecule has 1 heterocycles. The molecule has 0 unspecified atom stereocenters. The fraction of sp³-hybridized carbons (Fsp3) is 0.409. The topological polar surface area (TPSA) is 41.6 Å². The van der Waals surface area contributed by atoms with Crippen molar-refractivity contribution in [3.8, 4) is 0 Å². The molecular formula is C22H28N2O2S. The fourth-order valence-electron chi connectivity index (χ4n) is 3.10. The highest BCUT2D eigenvalue weighted by atomic mass is 32.2. The second kappa shape index (κ2) is 10.5. The summed E-state index contributed by atoms with van der Waals surface area (Å²) in [6, 6.07) is 17.0. The van der Waals surface area contributed by atoms with Crippen LogP contribution in [0.3, 0.4) is 0 Å². The molecule has 1 fully saturated rings. The highest BCUT2D eigenvalue weighted by Gasteiger charge is 2.10. The van der Waals surface area contributed by atoms with E-state index in [1.54, 1.807) is 11.8 Å². The van der Waals surface area contributed by atoms with E-state index in [1.807, 2.05) is 0 Å². The average molecular weight is 385 g/mol. The number of benzene rings is 2. The Morgan fingerprint density at radius 1 is 1.07 bits per heavy atom. The van der Waals surface area contributed by atoms with E-state index >= 15 is 0 Å². The van der Waals surface area contributed by atoms with Crippen LogP contribution in [-0.2, 0) is 28.4 Å². The summed E-state index contributed by atoms with van der Waals surface area (Å²) in [5, 5.41) is 3.01. The van der Waals surface area contributed by atoms with Crippen LogP contribution in [0, 0.1) is 6.92 Å². The number of nitrogens with zero attached hydrogens (tertiary/aromatic N) is 1. The molecule has 3 rings (SSSR count). The molecule has 0 atom stereocenters. The molecule has 0 aromatic heterocycles. The van der Waals surface area contributed by atoms with E-state index < -0.39 is 0 Å². The third kappa shape index (κ3) is 7.01. The summed E-state index contributed by atoms with van der Waals surface area (Å²) in [5.41, 5.74) is 4.97. The van der Waals surface area contributed by atoms with Crippen molar-refractivity contribution >= 4 is 17.7 Å². The normalized spacial score (nSPS) is 14.9. The molecule has 2 aromatic rings. The zero-order valence-corrected chi connectivity index (χ0v) is 16.8. The zero-order chi connectivity index (χ0) is 18.9. The molecular weight excluding hydrogens is 356 g/mol. The van der Waals surface area contributed by atoms with Crippen LogP contribution in [-0.4, -0.2) is 42.9 Å². The second-order valence-corrected chi connectivity index (χ2v) is 7.95. The number of aryl methyl sites for hydroxylation is 1. The number of carbonyl (C=O) groups is 1. The molecule has 0 bridgehead atoms. The van der Waals surface area contributed by atoms with Gasteiger partial charge in [0.15, 0.2) is 0 Å². The monoisotopic (exact) mass is 384 g/mol. The Morgan fingerprint density at radius 3 is 2.56 bits per heavy atom. The van der Waals surface area contributed by atoms with Gasteiger partial charge in [-0.2, -0.15) is 0 Å². The maximum atomic E-state index is 12.1. The van der Waals surface area contributed by atoms with Gasteiger partial charge in [-0.1, -0.05) is 54.1 Å². The number of morpholine rings is 1. The summed E-state index contributed by atoms with van der Waals surface area (Å²) in [5.74, 6) is 1.44. The van der Waals surface area contributed by atoms with Gasteiger partial charge in [0.1, 0.15) is 0 Å². The van der Waals surface area contributed by atoms with Gasteiger partial charge in [0.05, 0.1) is 19.0 Å². The number of ether oxygens (including phenoxy) is 1. The highest BCUT2D eigenvalue weighted by molar-refractivity contribution is 7.99. The van der Waals surface area contributed by atoms with Crippen molar-refractivity contribution in [2.45, 2.75) is 25.8 Å². The quantitative estimate of drug-likeness (QED) is 0.758. The van der Waals surface area contributed by atoms with Crippen LogP contribution in [0.2, 0.25) is 0 Å². The Kier molecular flexibility index (Phi) is 7.75. The highest BCUT2D eigenvalue weighted by Crippen LogP contribution is 2.13. The Hall–Kier alpha value is -1.82. The Balaban J connectivity index is 1.35. The summed E-state index contributed by atoms with van der Waals surface area (Å²) in [6.07, 6.45) is 0. The first-order chi connectivity index (χ1) is 13.2. The summed E-state index contributed by atoms with van der Waals surface area (Å²) in [4.78, 5) is 14.5. The van der Waals surface area contributed by atoms with Crippen LogP contribution in [0.5, 0.6) is 0 Å². The number of carbonyl (C=O) groups excluding carboxylic acids is 1. The average Bonchev–Trinajstić information content (AvgIpc) is 2.68. The van der Waals surface area contributed by atoms with Crippen molar-refractivity contribution in [2.24, 2.45) is 0 Å². The third-order valence-corrected chi connectivity index (χ3v) is 5.61. The standard InChI is InChI=1S/C22H28N2O2S/c1-18-3-2-4-21(13-18)16-27-17-22(25)23-14-19-5-7-20(8-6-19)15-24-9-11-26-12-10-24/h2-8,13H,9-12,14-17H2,1H3,(H,23,25). The minimum atomic E-state index is 0.0880. The summed E-state index contributed by atoms with van der Waals surface area (Å²) < 4.78 is 5.39. The molecule has 4 nitrogen and oxygen atoms in total. The van der Waals surface area contributed by atoms with Crippen molar-refractivity contribution in [2.75, 3.05) is 32.1 Å². The lowest BCUT2D eigenvalue weighted by atomic mass is 10.1. The first kappa shape index (κ1) is 19.9. The van der Waals surface area contributed by atoms with Gasteiger partial charge in [0.25, 0.3) is 0 Å². The molecule has 0 radical (unpaired) electrons. The van der Waals surface area contributed by atoms with Crippen molar-refractivity contribution in [1.29, 1.82) is 0 Å². The molecule has 2 aromatic carbocycles. The molecule has 5 heteroatoms. The number of hydrogen-bond acceptors (Lipinski definition) is 4. The van der Waals surface area contributed by atoms with E-state index in [4.69, 9.17) is 4.74 Å². The summed E-state index contributed by atoms with van der Waals surface area (Å²) in [6.45, 7) is 7.29. The van der Waals surface area contributed by atoms with Crippen LogP contribution in [0.25, 0.3) is 0 Å². The maximum Gasteiger partial charge on any atom is 0.230 e. The first-order valence-corrected chi connectivity index (χ1v) is 10.6. The van der Waals surface area contributed by atoms with E-state index in [9.17, 15) is 4.79 Å². The Morgan fingerprint density at radius 2 is 1.81 bits per heavy atom. The van der Waals surface area contributed by atoms with Gasteiger partial charge >= 0.3 is 0 Å². The molecule has 0 aliphatic carbocycles. The van der Waals surface area contributed by atoms with Gasteiger partial charge in [-0.05, 0) is 23.6 Å². The predicted octanol–water partition coefficient (Wildman–Crippen LogP) is 3.38. The summed E-state index contributed by atoms with van der Waals surface area (Å²) in [7, 11) is 0. The van der Waals surface area contributed by atoms with Crippen LogP contribution in [0.15, 0.2) is 48.5 Å². The van der Waals surface area contributed by atoms with Gasteiger partial charge in [-0.3, -0.25) is 9.69 Å². The fourth-order valence-corrected chi connectivity index (χ4v) is 3.90. The summed E-state index contributed by atoms with van der Waals surface area (Å²) >= 11 is 1.65. The molecule has 27 heavy (non-hydrogen) atoms. The molecule has 1 saturated heterocycles. The Bertz CT molecular complexity index is 727. The van der Waals surface area contributed by atoms with E-state index in [1.165, 1.54) is 16.7 Å². The molecule has 0 spiro atoms. The first-order valence-electron chi connectivity index (χ1n) is 9.47. The molecule has 1 amide bonds. The van der Waals surface area contributed by atoms with Crippen LogP contribution >= 0.6 is 11.8 Å². The van der Waals surface area contributed by atoms with E-state index in [-0.39, 0.29) is 5.91 Å². The molecule has 1 N–H and O–H groups in total. The lowest BCUT2D eigenvalue weighted by molar-refractivity contribution is -0.118. The maximum absolute atomic E-state index is 12.1. The van der Waals surface area contributed by atoms with Gasteiger partial charge in [0.2, 0.25) is 5.91 Å². The van der Waals surface area contributed by atoms with E-state index in [0.29, 0.717) is 12.3 Å². The second-order valence-electron chi connectivity index (χ2n) is 6.96. The van der Waals surface area contributed by atoms with Gasteiger partial charge in [-0.25, -0.2) is 0 Å². The number of rotatable bonds is 8. The number of hydrogen-bond donors (Lipinski definition) is 1. The third-order valence-electron chi connectivity index (χ3n) is 4.61. The minimum absolute atomic E-state index is 0.0880. The van der Waals surface area contributed by atoms with E-state index in [0.717, 1.165) is 44.2 Å². The SMILES string of the molecule is Cc1cccc(CSCC(=O)NCc2ccc(CN3CCOCC3)cc2)c1. The van der Waals surface area contributed by atoms with Gasteiger partial charge in [-0.15, -0.1) is 11.8 Å². The molecule has 0 saturated carbocycles. The zero-order valence-electron chi connectivity index (χ0n) is 15.9. The van der Waals surface area contributed by atoms with Crippen molar-refractivity contribution < 1.29 is 9.53 Å². The smallest absolute Gasteiger partial charge is 0.230 e. The largest absolute Gasteiger partial charge is 0.379 e. The van der Waals surface area contributed by atoms with Gasteiger partial charge in [0, 0.05) is 31.9 Å². The predicted molar refractivity (Wildman–Crippen MR) is 112 cm³/mol. The number of nitrogens with one attached hydrogen (secondary N) is 1. The number of thioether (sulfide) groups is 1. The minimum Gasteiger partial charge on any atom is -0.379 e. The van der Waals surface area contributed by atoms with E-state index in [2.05, 4.69) is 65.7 Å². The van der Waals surface area contributed by atoms with Crippen molar-refractivity contribution in [3.05, 3.63) is 70.8 Å². The van der Waals surface area contributed by atoms with Crippen molar-refractivity contribution in [1.82, 2.24) is 10.2 Å². The van der Waals surface area contributed by atoms with Crippen LogP contribution in [0.4, 0.5) is 0 Å². The molecule has 1 aliphatic rings. The van der Waals surface area contributed by atoms with Gasteiger partial charge < -0.3 is 10.1 Å². The molecule has 1 aliphatic heterocycles.